The number of benzene rings is 1. The maximum absolute atomic E-state index is 12.2. The molecule has 0 radical (unpaired) electrons. The Morgan fingerprint density at radius 2 is 1.79 bits per heavy atom. The van der Waals surface area contributed by atoms with Crippen LogP contribution in [0.3, 0.4) is 0 Å². The topological polar surface area (TPSA) is 96.0 Å². The maximum atomic E-state index is 12.2. The third-order valence-electron chi connectivity index (χ3n) is 3.73. The minimum atomic E-state index is -0.663. The molecule has 10 heteroatoms. The van der Waals surface area contributed by atoms with E-state index in [0.29, 0.717) is 22.9 Å². The van der Waals surface area contributed by atoms with Gasteiger partial charge in [-0.15, -0.1) is 22.7 Å². The number of amides is 1. The average Bonchev–Trinajstić information content (AvgIpc) is 3.42. The number of esters is 1. The predicted octanol–water partition coefficient (Wildman–Crippen LogP) is 3.69. The molecule has 2 aromatic heterocycles. The molecule has 0 fully saturated rings. The van der Waals surface area contributed by atoms with Crippen molar-refractivity contribution in [2.24, 2.45) is 0 Å². The van der Waals surface area contributed by atoms with Gasteiger partial charge in [0.1, 0.15) is 5.01 Å². The van der Waals surface area contributed by atoms with Gasteiger partial charge in [0.2, 0.25) is 5.75 Å². The van der Waals surface area contributed by atoms with Gasteiger partial charge in [-0.05, 0) is 11.4 Å². The first-order valence-electron chi connectivity index (χ1n) is 8.32. The van der Waals surface area contributed by atoms with Gasteiger partial charge >= 0.3 is 5.97 Å². The molecule has 0 bridgehead atoms. The molecule has 0 saturated carbocycles. The molecular formula is C19H18N2O6S2. The summed E-state index contributed by atoms with van der Waals surface area (Å²) in [6.07, 6.45) is 0. The molecule has 152 valence electrons. The van der Waals surface area contributed by atoms with E-state index in [9.17, 15) is 9.59 Å². The second kappa shape index (κ2) is 9.39. The van der Waals surface area contributed by atoms with Crippen LogP contribution in [0.2, 0.25) is 0 Å². The van der Waals surface area contributed by atoms with Gasteiger partial charge in [-0.1, -0.05) is 6.07 Å². The second-order valence-corrected chi connectivity index (χ2v) is 7.36. The summed E-state index contributed by atoms with van der Waals surface area (Å²) in [4.78, 5) is 29.6. The fourth-order valence-corrected chi connectivity index (χ4v) is 4.04. The SMILES string of the molecule is COc1cc(NC(=O)COC(=O)c2csc(-c3cccs3)n2)cc(OC)c1OC. The van der Waals surface area contributed by atoms with E-state index in [4.69, 9.17) is 18.9 Å². The van der Waals surface area contributed by atoms with Crippen LogP contribution >= 0.6 is 22.7 Å². The van der Waals surface area contributed by atoms with Crippen LogP contribution in [-0.2, 0) is 9.53 Å². The molecule has 0 aliphatic rings. The molecule has 0 spiro atoms. The molecule has 1 amide bonds. The van der Waals surface area contributed by atoms with E-state index in [1.165, 1.54) is 44.0 Å². The second-order valence-electron chi connectivity index (χ2n) is 5.55. The number of ether oxygens (including phenoxy) is 4. The molecule has 3 rings (SSSR count). The van der Waals surface area contributed by atoms with Crippen LogP contribution in [0.15, 0.2) is 35.0 Å². The Balaban J connectivity index is 1.60. The quantitative estimate of drug-likeness (QED) is 0.540. The normalized spacial score (nSPS) is 10.3. The first kappa shape index (κ1) is 20.6. The molecular weight excluding hydrogens is 416 g/mol. The fraction of sp³-hybridized carbons (Fsp3) is 0.211. The zero-order chi connectivity index (χ0) is 20.8. The summed E-state index contributed by atoms with van der Waals surface area (Å²) in [5, 5.41) is 6.90. The number of methoxy groups -OCH3 is 3. The van der Waals surface area contributed by atoms with Crippen molar-refractivity contribution in [1.82, 2.24) is 4.98 Å². The molecule has 29 heavy (non-hydrogen) atoms. The fourth-order valence-electron chi connectivity index (χ4n) is 2.44. The highest BCUT2D eigenvalue weighted by Gasteiger charge is 2.17. The molecule has 0 unspecified atom stereocenters. The molecule has 0 saturated heterocycles. The molecule has 8 nitrogen and oxygen atoms in total. The number of thiazole rings is 1. The minimum Gasteiger partial charge on any atom is -0.493 e. The van der Waals surface area contributed by atoms with Crippen molar-refractivity contribution in [3.8, 4) is 27.1 Å². The van der Waals surface area contributed by atoms with Gasteiger partial charge in [0.05, 0.1) is 26.2 Å². The van der Waals surface area contributed by atoms with Crippen molar-refractivity contribution in [2.45, 2.75) is 0 Å². The van der Waals surface area contributed by atoms with Crippen LogP contribution in [0, 0.1) is 0 Å². The standard InChI is InChI=1S/C19H18N2O6S2/c1-24-13-7-11(8-14(25-2)17(13)26-3)20-16(22)9-27-19(23)12-10-29-18(21-12)15-5-4-6-28-15/h4-8,10H,9H2,1-3H3,(H,20,22). The number of hydrogen-bond acceptors (Lipinski definition) is 9. The molecule has 1 N–H and O–H groups in total. The van der Waals surface area contributed by atoms with E-state index >= 15 is 0 Å². The summed E-state index contributed by atoms with van der Waals surface area (Å²) in [6.45, 7) is -0.457. The van der Waals surface area contributed by atoms with Crippen molar-refractivity contribution in [3.05, 3.63) is 40.7 Å². The lowest BCUT2D eigenvalue weighted by molar-refractivity contribution is -0.119. The average molecular weight is 434 g/mol. The van der Waals surface area contributed by atoms with Gasteiger partial charge in [-0.3, -0.25) is 4.79 Å². The Kier molecular flexibility index (Phi) is 6.68. The molecule has 2 heterocycles. The van der Waals surface area contributed by atoms with Crippen LogP contribution in [-0.4, -0.2) is 44.8 Å². The Bertz CT molecular complexity index is 975. The Hall–Kier alpha value is -3.11. The highest BCUT2D eigenvalue weighted by atomic mass is 32.1. The number of carbonyl (C=O) groups is 2. The monoisotopic (exact) mass is 434 g/mol. The smallest absolute Gasteiger partial charge is 0.358 e. The lowest BCUT2D eigenvalue weighted by Gasteiger charge is -2.14. The third kappa shape index (κ3) is 4.84. The molecule has 0 aliphatic carbocycles. The molecule has 0 atom stereocenters. The van der Waals surface area contributed by atoms with Crippen molar-refractivity contribution in [1.29, 1.82) is 0 Å². The number of nitrogens with zero attached hydrogens (tertiary/aromatic N) is 1. The Morgan fingerprint density at radius 3 is 2.38 bits per heavy atom. The number of nitrogens with one attached hydrogen (secondary N) is 1. The summed E-state index contributed by atoms with van der Waals surface area (Å²) < 4.78 is 20.8. The number of aromatic nitrogens is 1. The van der Waals surface area contributed by atoms with Crippen LogP contribution < -0.4 is 19.5 Å². The van der Waals surface area contributed by atoms with Gasteiger partial charge in [-0.2, -0.15) is 0 Å². The van der Waals surface area contributed by atoms with Crippen LogP contribution in [0.25, 0.3) is 9.88 Å². The lowest BCUT2D eigenvalue weighted by Crippen LogP contribution is -2.21. The first-order chi connectivity index (χ1) is 14.0. The third-order valence-corrected chi connectivity index (χ3v) is 5.61. The van der Waals surface area contributed by atoms with Crippen LogP contribution in [0.4, 0.5) is 5.69 Å². The number of carbonyl (C=O) groups excluding carboxylic acids is 2. The zero-order valence-electron chi connectivity index (χ0n) is 15.9. The molecule has 0 aliphatic heterocycles. The highest BCUT2D eigenvalue weighted by molar-refractivity contribution is 7.20. The summed E-state index contributed by atoms with van der Waals surface area (Å²) >= 11 is 2.87. The van der Waals surface area contributed by atoms with Crippen molar-refractivity contribution < 1.29 is 28.5 Å². The van der Waals surface area contributed by atoms with Crippen molar-refractivity contribution in [2.75, 3.05) is 33.3 Å². The van der Waals surface area contributed by atoms with Gasteiger partial charge in [0.25, 0.3) is 5.91 Å². The van der Waals surface area contributed by atoms with E-state index in [2.05, 4.69) is 10.3 Å². The van der Waals surface area contributed by atoms with Crippen LogP contribution in [0.1, 0.15) is 10.5 Å². The van der Waals surface area contributed by atoms with E-state index in [-0.39, 0.29) is 5.69 Å². The van der Waals surface area contributed by atoms with Crippen molar-refractivity contribution in [3.63, 3.8) is 0 Å². The summed E-state index contributed by atoms with van der Waals surface area (Å²) in [7, 11) is 4.44. The largest absolute Gasteiger partial charge is 0.493 e. The minimum absolute atomic E-state index is 0.166. The summed E-state index contributed by atoms with van der Waals surface area (Å²) in [5.74, 6) is 0.0142. The highest BCUT2D eigenvalue weighted by Crippen LogP contribution is 2.39. The Labute approximate surface area is 175 Å². The van der Waals surface area contributed by atoms with E-state index in [1.54, 1.807) is 17.5 Å². The number of anilines is 1. The number of thiophene rings is 1. The van der Waals surface area contributed by atoms with Gasteiger partial charge in [0.15, 0.2) is 23.8 Å². The first-order valence-corrected chi connectivity index (χ1v) is 10.1. The van der Waals surface area contributed by atoms with Crippen LogP contribution in [0.5, 0.6) is 17.2 Å². The van der Waals surface area contributed by atoms with E-state index < -0.39 is 18.5 Å². The maximum Gasteiger partial charge on any atom is 0.358 e. The van der Waals surface area contributed by atoms with Gasteiger partial charge < -0.3 is 24.3 Å². The Morgan fingerprint density at radius 1 is 1.07 bits per heavy atom. The number of hydrogen-bond donors (Lipinski definition) is 1. The van der Waals surface area contributed by atoms with E-state index in [1.807, 2.05) is 17.5 Å². The van der Waals surface area contributed by atoms with Crippen molar-refractivity contribution >= 4 is 40.2 Å². The number of rotatable bonds is 8. The zero-order valence-corrected chi connectivity index (χ0v) is 17.5. The molecule has 1 aromatic carbocycles. The molecule has 3 aromatic rings. The van der Waals surface area contributed by atoms with E-state index in [0.717, 1.165) is 9.88 Å². The summed E-state index contributed by atoms with van der Waals surface area (Å²) in [5.41, 5.74) is 0.577. The lowest BCUT2D eigenvalue weighted by atomic mass is 10.2. The van der Waals surface area contributed by atoms with Gasteiger partial charge in [-0.25, -0.2) is 9.78 Å². The summed E-state index contributed by atoms with van der Waals surface area (Å²) in [6, 6.07) is 6.99. The predicted molar refractivity (Wildman–Crippen MR) is 110 cm³/mol. The van der Waals surface area contributed by atoms with Gasteiger partial charge in [0, 0.05) is 23.2 Å².